The number of aryl methyl sites for hydroxylation is 2. The lowest BCUT2D eigenvalue weighted by molar-refractivity contribution is 0.0992. The topological polar surface area (TPSA) is 376 Å². The second-order valence-corrected chi connectivity index (χ2v) is 26.2. The van der Waals surface area contributed by atoms with Crippen LogP contribution >= 0.6 is 31.9 Å². The predicted molar refractivity (Wildman–Crippen MR) is 402 cm³/mol. The van der Waals surface area contributed by atoms with Crippen molar-refractivity contribution in [2.75, 3.05) is 92.9 Å². The van der Waals surface area contributed by atoms with Gasteiger partial charge >= 0.3 is 0 Å². The Bertz CT molecular complexity index is 4110. The van der Waals surface area contributed by atoms with E-state index in [1.807, 2.05) is 81.8 Å². The van der Waals surface area contributed by atoms with Gasteiger partial charge in [-0.2, -0.15) is 9.97 Å². The standard InChI is InChI=1S/C23H27N5O2.C17H25BrN6O.C16H22BrN5O2.C15H21N5O/c1-14(2)19-12-26-17(10-20(29)16-6-8-18(9-7-16)28(4)5)11-21(19)30-22-13-25-15(3)27-23(22)24;1-5-24(4)7-6-20-16-14(10-22-17(19)23-16)25-13-8-15(18)21-9-12(13)11(2)3;1-4-10(8-23)21-15-13(7-20-16(18)22-15)24-12-5-14(17)19-6-11(12)9(2)3;1-9(2)12-7-19-11(6-17-4)5-13(12)21-14-8-18-10(3)20-15(14)16/h6-9,11-14H,10H2,1-5H3,(H2,24,25,27);8-11H,5-7H2,1-4H3,(H3,19,20,22,23);5-7,9-10,23H,4,8H2,1-3H3,(H3,18,20,21,22);5,7-9,17H,6H2,1-4H3,(H2,16,18,20). The number of anilines is 7. The number of Topliss-reactive ketones (excluding diaryl/α,β-unsaturated/α-hetero) is 1. The van der Waals surface area contributed by atoms with E-state index in [4.69, 9.17) is 41.9 Å². The van der Waals surface area contributed by atoms with Gasteiger partial charge in [0.05, 0.1) is 55.2 Å². The van der Waals surface area contributed by atoms with Gasteiger partial charge in [0.2, 0.25) is 11.9 Å². The lowest BCUT2D eigenvalue weighted by Gasteiger charge is -2.19. The lowest BCUT2D eigenvalue weighted by atomic mass is 10.0. The van der Waals surface area contributed by atoms with Gasteiger partial charge in [-0.3, -0.25) is 14.8 Å². The fourth-order valence-electron chi connectivity index (χ4n) is 9.22. The normalized spacial score (nSPS) is 11.3. The number of carbonyl (C=O) groups is 1. The number of likely N-dealkylation sites (N-methyl/N-ethyl adjacent to an activating group) is 1. The molecule has 29 heteroatoms. The van der Waals surface area contributed by atoms with Gasteiger partial charge in [0, 0.05) is 116 Å². The minimum atomic E-state index is -0.143. The van der Waals surface area contributed by atoms with Crippen LogP contribution < -0.4 is 62.7 Å². The zero-order valence-corrected chi connectivity index (χ0v) is 63.1. The zero-order chi connectivity index (χ0) is 73.3. The molecule has 1 aromatic carbocycles. The highest BCUT2D eigenvalue weighted by atomic mass is 79.9. The number of benzene rings is 1. The third kappa shape index (κ3) is 24.1. The maximum atomic E-state index is 12.7. The summed E-state index contributed by atoms with van der Waals surface area (Å²) in [5, 5.41) is 18.9. The predicted octanol–water partition coefficient (Wildman–Crippen LogP) is 13.4. The molecule has 9 rings (SSSR count). The maximum Gasteiger partial charge on any atom is 0.222 e. The van der Waals surface area contributed by atoms with Crippen molar-refractivity contribution in [2.45, 2.75) is 132 Å². The number of ketones is 1. The number of carbonyl (C=O) groups excluding carboxylic acids is 1. The fourth-order valence-corrected chi connectivity index (χ4v) is 9.84. The molecule has 0 aliphatic heterocycles. The van der Waals surface area contributed by atoms with Gasteiger partial charge in [-0.25, -0.2) is 39.9 Å². The third-order valence-corrected chi connectivity index (χ3v) is 16.0. The summed E-state index contributed by atoms with van der Waals surface area (Å²) in [6.45, 7) is 27.5. The van der Waals surface area contributed by atoms with Crippen LogP contribution in [0.2, 0.25) is 0 Å². The Hall–Kier alpha value is -9.55. The summed E-state index contributed by atoms with van der Waals surface area (Å²) in [4.78, 5) is 67.4. The van der Waals surface area contributed by atoms with Crippen molar-refractivity contribution in [3.8, 4) is 46.0 Å². The molecule has 1 atom stereocenters. The first-order valence-corrected chi connectivity index (χ1v) is 34.4. The monoisotopic (exact) mass is 1500 g/mol. The average Bonchev–Trinajstić information content (AvgIpc) is 0.839. The summed E-state index contributed by atoms with van der Waals surface area (Å²) in [6.07, 6.45) is 14.4. The lowest BCUT2D eigenvalue weighted by Crippen LogP contribution is -2.25. The van der Waals surface area contributed by atoms with Crippen molar-refractivity contribution in [2.24, 2.45) is 0 Å². The minimum Gasteiger partial charge on any atom is -0.451 e. The van der Waals surface area contributed by atoms with Gasteiger partial charge < -0.3 is 72.7 Å². The highest BCUT2D eigenvalue weighted by molar-refractivity contribution is 9.10. The van der Waals surface area contributed by atoms with E-state index in [0.717, 1.165) is 71.2 Å². The molecule has 0 aliphatic rings. The Balaban J connectivity index is 0.000000212. The number of aliphatic hydroxyl groups excluding tert-OH is 1. The number of aliphatic hydroxyl groups is 1. The smallest absolute Gasteiger partial charge is 0.222 e. The molecule has 0 radical (unpaired) electrons. The number of rotatable bonds is 27. The molecule has 12 N–H and O–H groups in total. The number of nitrogens with zero attached hydrogens (tertiary/aromatic N) is 14. The second kappa shape index (κ2) is 38.7. The Morgan fingerprint density at radius 3 is 1.39 bits per heavy atom. The van der Waals surface area contributed by atoms with Crippen molar-refractivity contribution in [3.05, 3.63) is 158 Å². The van der Waals surface area contributed by atoms with Gasteiger partial charge in [-0.15, -0.1) is 0 Å². The third-order valence-electron chi connectivity index (χ3n) is 15.1. The van der Waals surface area contributed by atoms with Crippen LogP contribution in [-0.2, 0) is 13.0 Å². The number of hydrogen-bond donors (Lipinski definition) is 8. The van der Waals surface area contributed by atoms with Crippen LogP contribution in [0.25, 0.3) is 0 Å². The minimum absolute atomic E-state index is 0.00534. The molecule has 0 saturated heterocycles. The molecule has 0 bridgehead atoms. The first-order valence-electron chi connectivity index (χ1n) is 32.8. The molecule has 0 fully saturated rings. The summed E-state index contributed by atoms with van der Waals surface area (Å²) in [7, 11) is 7.87. The molecule has 0 spiro atoms. The number of halogens is 2. The van der Waals surface area contributed by atoms with Gasteiger partial charge in [-0.1, -0.05) is 69.2 Å². The van der Waals surface area contributed by atoms with Crippen LogP contribution in [-0.4, -0.2) is 136 Å². The van der Waals surface area contributed by atoms with E-state index in [0.29, 0.717) is 96.5 Å². The van der Waals surface area contributed by atoms with Crippen LogP contribution in [0.5, 0.6) is 46.0 Å². The van der Waals surface area contributed by atoms with Crippen molar-refractivity contribution in [1.29, 1.82) is 0 Å². The van der Waals surface area contributed by atoms with E-state index in [2.05, 4.69) is 182 Å². The van der Waals surface area contributed by atoms with Gasteiger partial charge in [0.1, 0.15) is 43.9 Å². The summed E-state index contributed by atoms with van der Waals surface area (Å²) in [5.74, 6) is 8.72. The summed E-state index contributed by atoms with van der Waals surface area (Å²) >= 11 is 6.75. The number of nitrogens with one attached hydrogen (secondary N) is 3. The average molecular weight is 1500 g/mol. The molecule has 8 heterocycles. The van der Waals surface area contributed by atoms with Crippen molar-refractivity contribution in [1.82, 2.24) is 70.0 Å². The van der Waals surface area contributed by atoms with Crippen molar-refractivity contribution >= 4 is 78.5 Å². The van der Waals surface area contributed by atoms with E-state index in [9.17, 15) is 9.90 Å². The Morgan fingerprint density at radius 2 is 0.960 bits per heavy atom. The number of nitrogens with two attached hydrogens (primary N) is 4. The van der Waals surface area contributed by atoms with Gasteiger partial charge in [0.25, 0.3) is 0 Å². The molecule has 0 saturated carbocycles. The fraction of sp³-hybridized carbons (Fsp3) is 0.394. The number of pyridine rings is 4. The van der Waals surface area contributed by atoms with E-state index >= 15 is 0 Å². The molecular weight excluding hydrogens is 1400 g/mol. The first kappa shape index (κ1) is 79.4. The molecule has 0 aliphatic carbocycles. The second-order valence-electron chi connectivity index (χ2n) is 24.6. The summed E-state index contributed by atoms with van der Waals surface area (Å²) in [6, 6.07) is 14.7. The number of hydrogen-bond acceptors (Lipinski definition) is 27. The number of ether oxygens (including phenoxy) is 4. The molecule has 100 heavy (non-hydrogen) atoms. The maximum absolute atomic E-state index is 12.7. The van der Waals surface area contributed by atoms with Gasteiger partial charge in [-0.05, 0) is 121 Å². The van der Waals surface area contributed by atoms with Gasteiger partial charge in [0.15, 0.2) is 52.1 Å². The Kier molecular flexibility index (Phi) is 30.8. The Labute approximate surface area is 603 Å². The van der Waals surface area contributed by atoms with Crippen LogP contribution in [0.3, 0.4) is 0 Å². The SMILES string of the molecule is CCC(CO)Nc1nc(N)ncc1Oc1cc(Br)ncc1C(C)C.CCN(C)CCNc1nc(N)ncc1Oc1cc(Br)ncc1C(C)C.CNCc1cc(Oc2cnc(C)nc2N)c(C(C)C)cn1.Cc1ncc(Oc2cc(CC(=O)c3ccc(N(C)C)cc3)ncc2C(C)C)c(N)n1. The highest BCUT2D eigenvalue weighted by Crippen LogP contribution is 2.38. The highest BCUT2D eigenvalue weighted by Gasteiger charge is 2.21. The van der Waals surface area contributed by atoms with Crippen LogP contribution in [0, 0.1) is 13.8 Å². The quantitative estimate of drug-likeness (QED) is 0.0175. The molecule has 9 aromatic rings. The van der Waals surface area contributed by atoms with Crippen molar-refractivity contribution in [3.63, 3.8) is 0 Å². The van der Waals surface area contributed by atoms with Crippen LogP contribution in [0.1, 0.15) is 155 Å². The zero-order valence-electron chi connectivity index (χ0n) is 59.9. The largest absolute Gasteiger partial charge is 0.451 e. The van der Waals surface area contributed by atoms with E-state index in [1.54, 1.807) is 57.0 Å². The van der Waals surface area contributed by atoms with Crippen molar-refractivity contribution < 1.29 is 28.8 Å². The molecule has 534 valence electrons. The molecule has 27 nitrogen and oxygen atoms in total. The summed E-state index contributed by atoms with van der Waals surface area (Å²) in [5.41, 5.74) is 30.4. The van der Waals surface area contributed by atoms with Crippen LogP contribution in [0.15, 0.2) is 107 Å². The van der Waals surface area contributed by atoms with Crippen LogP contribution in [0.4, 0.5) is 40.9 Å². The van der Waals surface area contributed by atoms with E-state index < -0.39 is 0 Å². The molecule has 0 amide bonds. The number of nitrogen functional groups attached to an aromatic ring is 4. The van der Waals surface area contributed by atoms with E-state index in [-0.39, 0.29) is 60.3 Å². The molecule has 1 unspecified atom stereocenters. The number of aromatic nitrogens is 12. The molecule has 8 aromatic heterocycles. The van der Waals surface area contributed by atoms with E-state index in [1.165, 1.54) is 6.20 Å². The first-order chi connectivity index (χ1) is 47.6. The molecular formula is C71H95Br2N21O6. The Morgan fingerprint density at radius 1 is 0.540 bits per heavy atom. The summed E-state index contributed by atoms with van der Waals surface area (Å²) < 4.78 is 25.5.